The van der Waals surface area contributed by atoms with Crippen LogP contribution in [-0.2, 0) is 19.4 Å². The highest BCUT2D eigenvalue weighted by Gasteiger charge is 2.24. The maximum atomic E-state index is 6.16. The summed E-state index contributed by atoms with van der Waals surface area (Å²) in [5.74, 6) is 2.41. The van der Waals surface area contributed by atoms with Crippen LogP contribution in [0.2, 0.25) is 0 Å². The van der Waals surface area contributed by atoms with Crippen molar-refractivity contribution in [2.24, 2.45) is 0 Å². The monoisotopic (exact) mass is 477 g/mol. The van der Waals surface area contributed by atoms with Gasteiger partial charge in [-0.05, 0) is 46.4 Å². The Morgan fingerprint density at radius 3 is 2.67 bits per heavy atom. The third kappa shape index (κ3) is 4.43. The van der Waals surface area contributed by atoms with Gasteiger partial charge in [-0.25, -0.2) is 9.38 Å². The molecule has 2 N–H and O–H groups in total. The summed E-state index contributed by atoms with van der Waals surface area (Å²) in [6, 6.07) is 25.5. The summed E-state index contributed by atoms with van der Waals surface area (Å²) < 4.78 is 14.0. The molecule has 0 bridgehead atoms. The zero-order valence-electron chi connectivity index (χ0n) is 20.3. The molecule has 1 aliphatic rings. The van der Waals surface area contributed by atoms with Crippen molar-refractivity contribution in [3.8, 4) is 11.5 Å². The second-order valence-electron chi connectivity index (χ2n) is 9.12. The van der Waals surface area contributed by atoms with E-state index in [1.54, 1.807) is 13.3 Å². The Bertz CT molecular complexity index is 1480. The van der Waals surface area contributed by atoms with E-state index < -0.39 is 0 Å². The van der Waals surface area contributed by atoms with Gasteiger partial charge in [-0.15, -0.1) is 0 Å². The number of hydrogen-bond donors (Lipinski definition) is 2. The Morgan fingerprint density at radius 1 is 0.972 bits per heavy atom. The lowest BCUT2D eigenvalue weighted by atomic mass is 9.89. The summed E-state index contributed by atoms with van der Waals surface area (Å²) in [5.41, 5.74) is 7.37. The van der Waals surface area contributed by atoms with Gasteiger partial charge < -0.3 is 14.8 Å². The molecule has 0 fully saturated rings. The van der Waals surface area contributed by atoms with Crippen LogP contribution in [0.5, 0.6) is 11.5 Å². The van der Waals surface area contributed by atoms with E-state index in [1.807, 2.05) is 36.7 Å². The maximum Gasteiger partial charge on any atom is 0.400 e. The molecule has 1 unspecified atom stereocenters. The Morgan fingerprint density at radius 2 is 1.83 bits per heavy atom. The third-order valence-corrected chi connectivity index (χ3v) is 6.84. The number of imidazole rings is 1. The second kappa shape index (κ2) is 9.84. The average molecular weight is 478 g/mol. The van der Waals surface area contributed by atoms with Gasteiger partial charge in [-0.1, -0.05) is 59.6 Å². The summed E-state index contributed by atoms with van der Waals surface area (Å²) in [6.07, 6.45) is 7.66. The predicted octanol–water partition coefficient (Wildman–Crippen LogP) is 4.56. The molecule has 3 aromatic carbocycles. The van der Waals surface area contributed by atoms with Crippen LogP contribution in [0.4, 0.5) is 0 Å². The van der Waals surface area contributed by atoms with Gasteiger partial charge in [0.25, 0.3) is 0 Å². The van der Waals surface area contributed by atoms with Crippen LogP contribution in [0.25, 0.3) is 5.78 Å². The summed E-state index contributed by atoms with van der Waals surface area (Å²) in [4.78, 5) is 7.60. The minimum Gasteiger partial charge on any atom is -0.493 e. The number of benzene rings is 3. The highest BCUT2D eigenvalue weighted by Crippen LogP contribution is 2.38. The molecule has 6 heteroatoms. The minimum absolute atomic E-state index is 0.117. The number of nitrogens with one attached hydrogen (secondary N) is 2. The SMILES string of the molecule is COc1cc2c(cc1OCc1ccccc1)CCNC2c1ccc(Cc2c[nH]c3nccc[n+]23)cc1. The van der Waals surface area contributed by atoms with Gasteiger partial charge >= 0.3 is 5.78 Å². The maximum absolute atomic E-state index is 6.16. The summed E-state index contributed by atoms with van der Waals surface area (Å²) in [5, 5.41) is 3.70. The van der Waals surface area contributed by atoms with Gasteiger partial charge in [0.1, 0.15) is 18.5 Å². The van der Waals surface area contributed by atoms with E-state index >= 15 is 0 Å². The van der Waals surface area contributed by atoms with E-state index in [4.69, 9.17) is 9.47 Å². The topological polar surface area (TPSA) is 63.3 Å². The van der Waals surface area contributed by atoms with Gasteiger partial charge in [-0.3, -0.25) is 0 Å². The van der Waals surface area contributed by atoms with Crippen molar-refractivity contribution in [2.75, 3.05) is 13.7 Å². The molecule has 1 atom stereocenters. The fraction of sp³-hybridized carbons (Fsp3) is 0.200. The van der Waals surface area contributed by atoms with Crippen LogP contribution in [0, 0.1) is 0 Å². The van der Waals surface area contributed by atoms with Crippen molar-refractivity contribution >= 4 is 5.78 Å². The van der Waals surface area contributed by atoms with Gasteiger partial charge in [0.15, 0.2) is 11.5 Å². The molecule has 6 rings (SSSR count). The number of aromatic nitrogens is 3. The average Bonchev–Trinajstić information content (AvgIpc) is 3.34. The molecule has 0 radical (unpaired) electrons. The van der Waals surface area contributed by atoms with Crippen molar-refractivity contribution in [3.63, 3.8) is 0 Å². The van der Waals surface area contributed by atoms with Crippen LogP contribution >= 0.6 is 0 Å². The summed E-state index contributed by atoms with van der Waals surface area (Å²) in [6.45, 7) is 1.44. The Balaban J connectivity index is 1.23. The summed E-state index contributed by atoms with van der Waals surface area (Å²) >= 11 is 0. The molecule has 1 aliphatic heterocycles. The highest BCUT2D eigenvalue weighted by molar-refractivity contribution is 5.52. The fourth-order valence-corrected chi connectivity index (χ4v) is 4.97. The van der Waals surface area contributed by atoms with Gasteiger partial charge in [0.05, 0.1) is 25.5 Å². The number of ether oxygens (including phenoxy) is 2. The number of H-pyrrole nitrogens is 1. The third-order valence-electron chi connectivity index (χ3n) is 6.84. The first-order valence-corrected chi connectivity index (χ1v) is 12.3. The number of fused-ring (bicyclic) bond motifs is 2. The zero-order chi connectivity index (χ0) is 24.3. The van der Waals surface area contributed by atoms with E-state index in [-0.39, 0.29) is 6.04 Å². The van der Waals surface area contributed by atoms with Crippen molar-refractivity contribution in [1.29, 1.82) is 0 Å². The Kier molecular flexibility index (Phi) is 6.10. The van der Waals surface area contributed by atoms with Gasteiger partial charge in [0, 0.05) is 19.0 Å². The Labute approximate surface area is 210 Å². The molecule has 36 heavy (non-hydrogen) atoms. The van der Waals surface area contributed by atoms with Crippen molar-refractivity contribution in [3.05, 3.63) is 125 Å². The lowest BCUT2D eigenvalue weighted by Crippen LogP contribution is -2.30. The van der Waals surface area contributed by atoms with E-state index in [9.17, 15) is 0 Å². The van der Waals surface area contributed by atoms with E-state index in [2.05, 4.69) is 68.2 Å². The molecule has 0 saturated carbocycles. The van der Waals surface area contributed by atoms with Gasteiger partial charge in [0.2, 0.25) is 0 Å². The quantitative estimate of drug-likeness (QED) is 0.337. The number of nitrogens with zero attached hydrogens (tertiary/aromatic N) is 2. The van der Waals surface area contributed by atoms with Crippen molar-refractivity contribution in [2.45, 2.75) is 25.5 Å². The van der Waals surface area contributed by atoms with Crippen molar-refractivity contribution < 1.29 is 13.9 Å². The van der Waals surface area contributed by atoms with Crippen LogP contribution in [-0.4, -0.2) is 23.6 Å². The van der Waals surface area contributed by atoms with Crippen LogP contribution in [0.1, 0.15) is 39.6 Å². The van der Waals surface area contributed by atoms with E-state index in [1.165, 1.54) is 27.9 Å². The molecule has 6 nitrogen and oxygen atoms in total. The lowest BCUT2D eigenvalue weighted by molar-refractivity contribution is -0.521. The van der Waals surface area contributed by atoms with E-state index in [0.29, 0.717) is 6.61 Å². The first kappa shape index (κ1) is 22.3. The summed E-state index contributed by atoms with van der Waals surface area (Å²) in [7, 11) is 1.70. The largest absolute Gasteiger partial charge is 0.493 e. The number of rotatable bonds is 7. The minimum atomic E-state index is 0.117. The van der Waals surface area contributed by atoms with Crippen molar-refractivity contribution in [1.82, 2.24) is 15.3 Å². The number of hydrogen-bond acceptors (Lipinski definition) is 4. The number of methoxy groups -OCH3 is 1. The molecular formula is C30H29N4O2+. The van der Waals surface area contributed by atoms with Crippen LogP contribution < -0.4 is 19.2 Å². The molecule has 0 spiro atoms. The molecule has 3 heterocycles. The molecule has 5 aromatic rings. The Hall–Kier alpha value is -4.16. The molecule has 0 saturated heterocycles. The molecular weight excluding hydrogens is 448 g/mol. The standard InChI is InChI=1S/C30H28N4O2/c1-35-27-18-26-24(17-28(27)36-20-22-6-3-2-4-7-22)12-14-31-29(26)23-10-8-21(9-11-23)16-25-19-33-30-32-13-5-15-34(25)30/h2-11,13,15,17-19,29,31H,12,14,16,20H2,1H3/p+1. The second-order valence-corrected chi connectivity index (χ2v) is 9.12. The molecule has 0 amide bonds. The van der Waals surface area contributed by atoms with Crippen LogP contribution in [0.15, 0.2) is 91.4 Å². The van der Waals surface area contributed by atoms with Crippen LogP contribution in [0.3, 0.4) is 0 Å². The molecule has 2 aromatic heterocycles. The zero-order valence-corrected chi connectivity index (χ0v) is 20.3. The lowest BCUT2D eigenvalue weighted by Gasteiger charge is -2.29. The highest BCUT2D eigenvalue weighted by atomic mass is 16.5. The fourth-order valence-electron chi connectivity index (χ4n) is 4.97. The smallest absolute Gasteiger partial charge is 0.400 e. The first-order chi connectivity index (χ1) is 17.8. The van der Waals surface area contributed by atoms with Gasteiger partial charge in [-0.2, -0.15) is 0 Å². The predicted molar refractivity (Wildman–Crippen MR) is 138 cm³/mol. The molecule has 180 valence electrons. The first-order valence-electron chi connectivity index (χ1n) is 12.3. The normalized spacial score (nSPS) is 15.0. The number of aromatic amines is 1. The molecule has 0 aliphatic carbocycles. The van der Waals surface area contributed by atoms with E-state index in [0.717, 1.165) is 42.2 Å².